The van der Waals surface area contributed by atoms with Gasteiger partial charge in [-0.1, -0.05) is 74.0 Å². The molecule has 0 fully saturated rings. The van der Waals surface area contributed by atoms with E-state index in [2.05, 4.69) is 17.6 Å². The zero-order valence-corrected chi connectivity index (χ0v) is 14.9. The Morgan fingerprint density at radius 1 is 0.962 bits per heavy atom. The molecule has 4 heteroatoms. The van der Waals surface area contributed by atoms with Gasteiger partial charge in [0.2, 0.25) is 0 Å². The van der Waals surface area contributed by atoms with Gasteiger partial charge >= 0.3 is 0 Å². The number of carbonyl (C=O) groups excluding carboxylic acids is 2. The van der Waals surface area contributed by atoms with Crippen molar-refractivity contribution in [3.05, 3.63) is 89.6 Å². The van der Waals surface area contributed by atoms with Crippen LogP contribution in [-0.4, -0.2) is 18.4 Å². The highest BCUT2D eigenvalue weighted by molar-refractivity contribution is 6.03. The van der Waals surface area contributed by atoms with E-state index >= 15 is 0 Å². The molecule has 0 saturated carbocycles. The average Bonchev–Trinajstić information content (AvgIpc) is 2.68. The van der Waals surface area contributed by atoms with Gasteiger partial charge in [0.1, 0.15) is 5.70 Å². The van der Waals surface area contributed by atoms with Crippen LogP contribution in [0.3, 0.4) is 0 Å². The van der Waals surface area contributed by atoms with Crippen LogP contribution in [0, 0.1) is 0 Å². The van der Waals surface area contributed by atoms with Crippen LogP contribution in [0.2, 0.25) is 0 Å². The van der Waals surface area contributed by atoms with E-state index in [1.165, 1.54) is 0 Å². The molecule has 2 aromatic rings. The SMILES string of the molecule is CCCCNC(=O)/C(=C\C=C\c1ccccc1)NC(=O)c1ccccc1. The number of unbranched alkanes of at least 4 members (excludes halogenated alkanes) is 1. The Kier molecular flexibility index (Phi) is 7.87. The molecule has 0 saturated heterocycles. The van der Waals surface area contributed by atoms with Gasteiger partial charge in [0, 0.05) is 12.1 Å². The normalized spacial score (nSPS) is 11.3. The Morgan fingerprint density at radius 3 is 2.27 bits per heavy atom. The molecule has 134 valence electrons. The quantitative estimate of drug-likeness (QED) is 0.431. The predicted octanol–water partition coefficient (Wildman–Crippen LogP) is 3.93. The summed E-state index contributed by atoms with van der Waals surface area (Å²) in [4.78, 5) is 24.8. The van der Waals surface area contributed by atoms with Crippen LogP contribution in [0.15, 0.2) is 78.5 Å². The first-order chi connectivity index (χ1) is 12.7. The number of rotatable bonds is 8. The van der Waals surface area contributed by atoms with Crippen molar-refractivity contribution in [1.29, 1.82) is 0 Å². The van der Waals surface area contributed by atoms with E-state index in [0.717, 1.165) is 18.4 Å². The second-order valence-electron chi connectivity index (χ2n) is 5.78. The summed E-state index contributed by atoms with van der Waals surface area (Å²) in [6, 6.07) is 18.6. The lowest BCUT2D eigenvalue weighted by atomic mass is 10.2. The number of allylic oxidation sites excluding steroid dienone is 2. The van der Waals surface area contributed by atoms with Crippen LogP contribution < -0.4 is 10.6 Å². The van der Waals surface area contributed by atoms with Crippen molar-refractivity contribution in [3.8, 4) is 0 Å². The molecule has 26 heavy (non-hydrogen) atoms. The van der Waals surface area contributed by atoms with Crippen LogP contribution in [0.4, 0.5) is 0 Å². The van der Waals surface area contributed by atoms with Gasteiger partial charge < -0.3 is 10.6 Å². The standard InChI is InChI=1S/C22H24N2O2/c1-2-3-17-23-22(26)20(16-10-13-18-11-6-4-7-12-18)24-21(25)19-14-8-5-9-15-19/h4-16H,2-3,17H2,1H3,(H,23,26)(H,24,25)/b13-10+,20-16+. The summed E-state index contributed by atoms with van der Waals surface area (Å²) in [5, 5.41) is 5.54. The Hall–Kier alpha value is -3.14. The second kappa shape index (κ2) is 10.7. The molecule has 0 heterocycles. The third kappa shape index (κ3) is 6.40. The van der Waals surface area contributed by atoms with Crippen molar-refractivity contribution in [2.24, 2.45) is 0 Å². The summed E-state index contributed by atoms with van der Waals surface area (Å²) in [7, 11) is 0. The molecule has 0 unspecified atom stereocenters. The first-order valence-electron chi connectivity index (χ1n) is 8.78. The zero-order valence-electron chi connectivity index (χ0n) is 14.9. The van der Waals surface area contributed by atoms with E-state index in [9.17, 15) is 9.59 Å². The Morgan fingerprint density at radius 2 is 1.62 bits per heavy atom. The maximum Gasteiger partial charge on any atom is 0.267 e. The average molecular weight is 348 g/mol. The van der Waals surface area contributed by atoms with E-state index in [-0.39, 0.29) is 17.5 Å². The highest BCUT2D eigenvalue weighted by Gasteiger charge is 2.13. The zero-order chi connectivity index (χ0) is 18.6. The molecule has 0 aliphatic rings. The minimum atomic E-state index is -0.310. The fraction of sp³-hybridized carbons (Fsp3) is 0.182. The van der Waals surface area contributed by atoms with Gasteiger partial charge in [-0.15, -0.1) is 0 Å². The summed E-state index contributed by atoms with van der Waals surface area (Å²) in [5.74, 6) is -0.601. The smallest absolute Gasteiger partial charge is 0.267 e. The number of hydrogen-bond acceptors (Lipinski definition) is 2. The van der Waals surface area contributed by atoms with Crippen LogP contribution >= 0.6 is 0 Å². The molecule has 0 aliphatic carbocycles. The highest BCUT2D eigenvalue weighted by atomic mass is 16.2. The minimum Gasteiger partial charge on any atom is -0.351 e. The summed E-state index contributed by atoms with van der Waals surface area (Å²) in [6.45, 7) is 2.64. The van der Waals surface area contributed by atoms with Crippen molar-refractivity contribution >= 4 is 17.9 Å². The van der Waals surface area contributed by atoms with E-state index < -0.39 is 0 Å². The van der Waals surface area contributed by atoms with Crippen molar-refractivity contribution < 1.29 is 9.59 Å². The largest absolute Gasteiger partial charge is 0.351 e. The summed E-state index contributed by atoms with van der Waals surface area (Å²) >= 11 is 0. The number of hydrogen-bond donors (Lipinski definition) is 2. The van der Waals surface area contributed by atoms with Crippen molar-refractivity contribution in [1.82, 2.24) is 10.6 Å². The number of nitrogens with one attached hydrogen (secondary N) is 2. The van der Waals surface area contributed by atoms with Crippen LogP contribution in [0.1, 0.15) is 35.7 Å². The van der Waals surface area contributed by atoms with Gasteiger partial charge in [-0.2, -0.15) is 0 Å². The first-order valence-corrected chi connectivity index (χ1v) is 8.78. The third-order valence-corrected chi connectivity index (χ3v) is 3.70. The first kappa shape index (κ1) is 19.2. The highest BCUT2D eigenvalue weighted by Crippen LogP contribution is 2.04. The van der Waals surface area contributed by atoms with Gasteiger partial charge in [0.15, 0.2) is 0 Å². The van der Waals surface area contributed by atoms with Crippen molar-refractivity contribution in [3.63, 3.8) is 0 Å². The third-order valence-electron chi connectivity index (χ3n) is 3.70. The molecule has 0 aromatic heterocycles. The monoisotopic (exact) mass is 348 g/mol. The Balaban J connectivity index is 2.12. The number of amides is 2. The Labute approximate surface area is 154 Å². The van der Waals surface area contributed by atoms with Gasteiger partial charge in [0.25, 0.3) is 11.8 Å². The molecule has 4 nitrogen and oxygen atoms in total. The fourth-order valence-electron chi connectivity index (χ4n) is 2.25. The van der Waals surface area contributed by atoms with Crippen molar-refractivity contribution in [2.75, 3.05) is 6.54 Å². The maximum absolute atomic E-state index is 12.4. The lowest BCUT2D eigenvalue weighted by molar-refractivity contribution is -0.117. The summed E-state index contributed by atoms with van der Waals surface area (Å²) in [5.41, 5.74) is 1.75. The Bertz CT molecular complexity index is 765. The second-order valence-corrected chi connectivity index (χ2v) is 5.78. The van der Waals surface area contributed by atoms with Crippen LogP contribution in [0.5, 0.6) is 0 Å². The van der Waals surface area contributed by atoms with E-state index in [4.69, 9.17) is 0 Å². The van der Waals surface area contributed by atoms with E-state index in [1.807, 2.05) is 42.5 Å². The lowest BCUT2D eigenvalue weighted by Gasteiger charge is -2.10. The van der Waals surface area contributed by atoms with E-state index in [1.54, 1.807) is 36.4 Å². The minimum absolute atomic E-state index is 0.224. The van der Waals surface area contributed by atoms with Gasteiger partial charge in [-0.05, 0) is 30.2 Å². The maximum atomic E-state index is 12.4. The fourth-order valence-corrected chi connectivity index (χ4v) is 2.25. The molecule has 0 spiro atoms. The number of benzene rings is 2. The molecule has 0 atom stereocenters. The molecule has 2 amide bonds. The molecular formula is C22H24N2O2. The topological polar surface area (TPSA) is 58.2 Å². The summed E-state index contributed by atoms with van der Waals surface area (Å²) < 4.78 is 0. The lowest BCUT2D eigenvalue weighted by Crippen LogP contribution is -2.35. The molecule has 0 radical (unpaired) electrons. The van der Waals surface area contributed by atoms with Crippen LogP contribution in [0.25, 0.3) is 6.08 Å². The number of carbonyl (C=O) groups is 2. The summed E-state index contributed by atoms with van der Waals surface area (Å²) in [6.07, 6.45) is 7.15. The molecule has 2 rings (SSSR count). The molecule has 2 N–H and O–H groups in total. The van der Waals surface area contributed by atoms with Crippen molar-refractivity contribution in [2.45, 2.75) is 19.8 Å². The van der Waals surface area contributed by atoms with Crippen LogP contribution in [-0.2, 0) is 4.79 Å². The molecular weight excluding hydrogens is 324 g/mol. The molecule has 0 aliphatic heterocycles. The van der Waals surface area contributed by atoms with Gasteiger partial charge in [-0.25, -0.2) is 0 Å². The molecule has 2 aromatic carbocycles. The predicted molar refractivity (Wildman–Crippen MR) is 105 cm³/mol. The van der Waals surface area contributed by atoms with Gasteiger partial charge in [-0.3, -0.25) is 9.59 Å². The molecule has 0 bridgehead atoms. The van der Waals surface area contributed by atoms with E-state index in [0.29, 0.717) is 12.1 Å². The van der Waals surface area contributed by atoms with Gasteiger partial charge in [0.05, 0.1) is 0 Å².